The molecule has 1 N–H and O–H groups in total. The van der Waals surface area contributed by atoms with E-state index in [2.05, 4.69) is 49.5 Å². The van der Waals surface area contributed by atoms with E-state index in [0.29, 0.717) is 30.9 Å². The summed E-state index contributed by atoms with van der Waals surface area (Å²) in [5.74, 6) is -0.0573. The number of amides is 1. The monoisotopic (exact) mass is 471 g/mol. The van der Waals surface area contributed by atoms with Gasteiger partial charge in [0.2, 0.25) is 5.91 Å². The highest BCUT2D eigenvalue weighted by Crippen LogP contribution is 2.23. The normalized spacial score (nSPS) is 10.7. The van der Waals surface area contributed by atoms with Crippen LogP contribution in [0.1, 0.15) is 40.2 Å². The van der Waals surface area contributed by atoms with Crippen molar-refractivity contribution in [3.05, 3.63) is 62.3 Å². The minimum atomic E-state index is -0.0573. The molecule has 0 saturated heterocycles. The number of nitrogens with one attached hydrogen (secondary N) is 1. The van der Waals surface area contributed by atoms with Crippen molar-refractivity contribution in [1.82, 2.24) is 14.8 Å². The van der Waals surface area contributed by atoms with Crippen molar-refractivity contribution in [2.24, 2.45) is 0 Å². The molecule has 1 aromatic carbocycles. The number of rotatable bonds is 8. The van der Waals surface area contributed by atoms with Crippen molar-refractivity contribution < 1.29 is 4.79 Å². The Morgan fingerprint density at radius 1 is 1.31 bits per heavy atom. The number of aryl methyl sites for hydroxylation is 2. The van der Waals surface area contributed by atoms with Crippen LogP contribution in [0.15, 0.2) is 34.9 Å². The van der Waals surface area contributed by atoms with Gasteiger partial charge in [-0.2, -0.15) is 10.4 Å². The summed E-state index contributed by atoms with van der Waals surface area (Å²) in [7, 11) is 0. The Morgan fingerprint density at radius 3 is 2.79 bits per heavy atom. The fraction of sp³-hybridized carbons (Fsp3) is 0.333. The van der Waals surface area contributed by atoms with Crippen molar-refractivity contribution in [2.75, 3.05) is 5.32 Å². The van der Waals surface area contributed by atoms with E-state index in [0.717, 1.165) is 32.7 Å². The smallest absolute Gasteiger partial charge is 0.226 e. The van der Waals surface area contributed by atoms with Crippen LogP contribution in [0.3, 0.4) is 0 Å². The molecule has 0 saturated carbocycles. The number of carbonyl (C=O) groups excluding carboxylic acids is 1. The Kier molecular flexibility index (Phi) is 7.18. The SMILES string of the molecule is Cc1nn(CCC#N)c(C)c1CCC(=O)Nc1ncc(Cc2ccc(Br)cc2)s1. The van der Waals surface area contributed by atoms with Crippen molar-refractivity contribution in [3.8, 4) is 6.07 Å². The zero-order chi connectivity index (χ0) is 20.8. The van der Waals surface area contributed by atoms with E-state index >= 15 is 0 Å². The molecular weight excluding hydrogens is 450 g/mol. The number of hydrogen-bond acceptors (Lipinski definition) is 5. The summed E-state index contributed by atoms with van der Waals surface area (Å²) in [4.78, 5) is 17.8. The Labute approximate surface area is 182 Å². The van der Waals surface area contributed by atoms with Crippen LogP contribution in [0.2, 0.25) is 0 Å². The topological polar surface area (TPSA) is 83.6 Å². The zero-order valence-electron chi connectivity index (χ0n) is 16.4. The molecule has 2 heterocycles. The average molecular weight is 472 g/mol. The molecule has 2 aromatic heterocycles. The summed E-state index contributed by atoms with van der Waals surface area (Å²) in [5.41, 5.74) is 4.22. The maximum Gasteiger partial charge on any atom is 0.226 e. The van der Waals surface area contributed by atoms with Gasteiger partial charge in [-0.25, -0.2) is 4.98 Å². The molecule has 0 unspecified atom stereocenters. The maximum atomic E-state index is 12.4. The van der Waals surface area contributed by atoms with E-state index in [4.69, 9.17) is 5.26 Å². The summed E-state index contributed by atoms with van der Waals surface area (Å²) in [6.07, 6.45) is 4.02. The van der Waals surface area contributed by atoms with Gasteiger partial charge in [-0.3, -0.25) is 9.48 Å². The molecular formula is C21H22BrN5OS. The minimum Gasteiger partial charge on any atom is -0.302 e. The summed E-state index contributed by atoms with van der Waals surface area (Å²) in [6.45, 7) is 4.51. The van der Waals surface area contributed by atoms with Crippen LogP contribution in [-0.4, -0.2) is 20.7 Å². The number of halogens is 1. The summed E-state index contributed by atoms with van der Waals surface area (Å²) >= 11 is 4.94. The van der Waals surface area contributed by atoms with Crippen LogP contribution < -0.4 is 5.32 Å². The number of hydrogen-bond donors (Lipinski definition) is 1. The van der Waals surface area contributed by atoms with Crippen molar-refractivity contribution in [2.45, 2.75) is 46.1 Å². The lowest BCUT2D eigenvalue weighted by molar-refractivity contribution is -0.116. The van der Waals surface area contributed by atoms with Crippen molar-refractivity contribution >= 4 is 38.3 Å². The van der Waals surface area contributed by atoms with Gasteiger partial charge < -0.3 is 5.32 Å². The Bertz CT molecular complexity index is 1030. The van der Waals surface area contributed by atoms with Crippen LogP contribution in [0.25, 0.3) is 0 Å². The molecule has 8 heteroatoms. The molecule has 0 aliphatic rings. The number of nitriles is 1. The summed E-state index contributed by atoms with van der Waals surface area (Å²) < 4.78 is 2.90. The van der Waals surface area contributed by atoms with Gasteiger partial charge in [0.1, 0.15) is 0 Å². The first-order valence-corrected chi connectivity index (χ1v) is 11.0. The lowest BCUT2D eigenvalue weighted by atomic mass is 10.1. The van der Waals surface area contributed by atoms with Crippen LogP contribution >= 0.6 is 27.3 Å². The first kappa shape index (κ1) is 21.2. The quantitative estimate of drug-likeness (QED) is 0.511. The zero-order valence-corrected chi connectivity index (χ0v) is 18.8. The summed E-state index contributed by atoms with van der Waals surface area (Å²) in [5, 5.41) is 16.8. The third kappa shape index (κ3) is 5.75. The summed E-state index contributed by atoms with van der Waals surface area (Å²) in [6, 6.07) is 10.3. The second-order valence-electron chi connectivity index (χ2n) is 6.76. The van der Waals surface area contributed by atoms with Crippen LogP contribution in [0.4, 0.5) is 5.13 Å². The predicted octanol–water partition coefficient (Wildman–Crippen LogP) is 4.79. The van der Waals surface area contributed by atoms with Gasteiger partial charge >= 0.3 is 0 Å². The number of nitrogens with zero attached hydrogens (tertiary/aromatic N) is 4. The highest BCUT2D eigenvalue weighted by atomic mass is 79.9. The molecule has 0 fully saturated rings. The van der Waals surface area contributed by atoms with Gasteiger partial charge in [-0.15, -0.1) is 11.3 Å². The highest BCUT2D eigenvalue weighted by Gasteiger charge is 2.14. The van der Waals surface area contributed by atoms with Gasteiger partial charge in [0.25, 0.3) is 0 Å². The van der Waals surface area contributed by atoms with Crippen LogP contribution in [0, 0.1) is 25.2 Å². The molecule has 150 valence electrons. The second-order valence-corrected chi connectivity index (χ2v) is 8.79. The van der Waals surface area contributed by atoms with Crippen molar-refractivity contribution in [3.63, 3.8) is 0 Å². The lowest BCUT2D eigenvalue weighted by Crippen LogP contribution is -2.12. The highest BCUT2D eigenvalue weighted by molar-refractivity contribution is 9.10. The lowest BCUT2D eigenvalue weighted by Gasteiger charge is -2.04. The molecule has 0 aliphatic heterocycles. The molecule has 3 rings (SSSR count). The Morgan fingerprint density at radius 2 is 2.07 bits per heavy atom. The van der Waals surface area contributed by atoms with Gasteiger partial charge in [-0.05, 0) is 43.5 Å². The molecule has 1 amide bonds. The first-order chi connectivity index (χ1) is 14.0. The molecule has 0 spiro atoms. The first-order valence-electron chi connectivity index (χ1n) is 9.35. The molecule has 6 nitrogen and oxygen atoms in total. The predicted molar refractivity (Wildman–Crippen MR) is 118 cm³/mol. The van der Waals surface area contributed by atoms with Crippen molar-refractivity contribution in [1.29, 1.82) is 5.26 Å². The van der Waals surface area contributed by atoms with Gasteiger partial charge in [0.05, 0.1) is 24.7 Å². The van der Waals surface area contributed by atoms with Crippen LogP contribution in [-0.2, 0) is 24.2 Å². The minimum absolute atomic E-state index is 0.0573. The number of anilines is 1. The standard InChI is InChI=1S/C21H22BrN5OS/c1-14-19(15(2)27(26-14)11-3-10-23)8-9-20(28)25-21-24-13-18(29-21)12-16-4-6-17(22)7-5-16/h4-7,13H,3,8-9,11-12H2,1-2H3,(H,24,25,28). The van der Waals surface area contributed by atoms with E-state index in [1.54, 1.807) is 0 Å². The maximum absolute atomic E-state index is 12.4. The number of benzene rings is 1. The number of carbonyl (C=O) groups is 1. The van der Waals surface area contributed by atoms with E-state index in [9.17, 15) is 4.79 Å². The second kappa shape index (κ2) is 9.81. The number of thiazole rings is 1. The van der Waals surface area contributed by atoms with E-state index in [-0.39, 0.29) is 5.91 Å². The van der Waals surface area contributed by atoms with Crippen LogP contribution in [0.5, 0.6) is 0 Å². The Hall–Kier alpha value is -2.50. The molecule has 0 bridgehead atoms. The van der Waals surface area contributed by atoms with Gasteiger partial charge in [0, 0.05) is 34.1 Å². The largest absolute Gasteiger partial charge is 0.302 e. The molecule has 0 atom stereocenters. The van der Waals surface area contributed by atoms with E-state index in [1.807, 2.05) is 36.9 Å². The Balaban J connectivity index is 1.54. The fourth-order valence-electron chi connectivity index (χ4n) is 3.14. The van der Waals surface area contributed by atoms with Gasteiger partial charge in [0.15, 0.2) is 5.13 Å². The third-order valence-corrected chi connectivity index (χ3v) is 6.10. The van der Waals surface area contributed by atoms with E-state index < -0.39 is 0 Å². The average Bonchev–Trinajstić information content (AvgIpc) is 3.24. The van der Waals surface area contributed by atoms with Gasteiger partial charge in [-0.1, -0.05) is 28.1 Å². The molecule has 0 radical (unpaired) electrons. The number of aromatic nitrogens is 3. The fourth-order valence-corrected chi connectivity index (χ4v) is 4.27. The molecule has 0 aliphatic carbocycles. The van der Waals surface area contributed by atoms with E-state index in [1.165, 1.54) is 16.9 Å². The third-order valence-electron chi connectivity index (χ3n) is 4.66. The molecule has 29 heavy (non-hydrogen) atoms. The molecule has 3 aromatic rings.